The van der Waals surface area contributed by atoms with Gasteiger partial charge in [0.25, 0.3) is 0 Å². The van der Waals surface area contributed by atoms with Crippen molar-refractivity contribution in [3.8, 4) is 0 Å². The van der Waals surface area contributed by atoms with E-state index < -0.39 is 5.41 Å². The van der Waals surface area contributed by atoms with E-state index in [-0.39, 0.29) is 18.4 Å². The van der Waals surface area contributed by atoms with Crippen molar-refractivity contribution < 1.29 is 14.3 Å². The minimum absolute atomic E-state index is 0.102. The third-order valence-corrected chi connectivity index (χ3v) is 2.65. The first-order chi connectivity index (χ1) is 6.46. The number of hydrogen-bond acceptors (Lipinski definition) is 3. The highest BCUT2D eigenvalue weighted by Crippen LogP contribution is 2.32. The summed E-state index contributed by atoms with van der Waals surface area (Å²) in [6, 6.07) is 0. The molecular weight excluding hydrogens is 180 g/mol. The van der Waals surface area contributed by atoms with Crippen LogP contribution in [-0.2, 0) is 14.3 Å². The Morgan fingerprint density at radius 3 is 2.86 bits per heavy atom. The number of ketones is 1. The van der Waals surface area contributed by atoms with Gasteiger partial charge in [-0.1, -0.05) is 6.08 Å². The molecule has 0 saturated heterocycles. The molecule has 0 spiro atoms. The summed E-state index contributed by atoms with van der Waals surface area (Å²) in [5, 5.41) is 0. The van der Waals surface area contributed by atoms with Crippen molar-refractivity contribution in [1.29, 1.82) is 0 Å². The van der Waals surface area contributed by atoms with Gasteiger partial charge in [0, 0.05) is 6.92 Å². The fraction of sp³-hybridized carbons (Fsp3) is 0.636. The van der Waals surface area contributed by atoms with Crippen molar-refractivity contribution in [2.45, 2.75) is 33.6 Å². The highest BCUT2D eigenvalue weighted by molar-refractivity contribution is 6.00. The number of Topliss-reactive ketones (excluding diaryl/α,β-unsaturated/α-hetero) is 1. The van der Waals surface area contributed by atoms with Crippen LogP contribution in [0.4, 0.5) is 0 Å². The average molecular weight is 196 g/mol. The van der Waals surface area contributed by atoms with Crippen LogP contribution in [0.15, 0.2) is 11.6 Å². The van der Waals surface area contributed by atoms with Crippen LogP contribution in [-0.4, -0.2) is 18.4 Å². The zero-order valence-electron chi connectivity index (χ0n) is 8.92. The van der Waals surface area contributed by atoms with Gasteiger partial charge in [0.15, 0.2) is 5.78 Å². The molecule has 0 fully saturated rings. The van der Waals surface area contributed by atoms with Crippen molar-refractivity contribution in [1.82, 2.24) is 0 Å². The standard InChI is InChI=1S/C11H16O3/c1-8-5-4-6-11(3,10(8)13)7-14-9(2)12/h5H,4,6-7H2,1-3H3. The first-order valence-corrected chi connectivity index (χ1v) is 4.81. The Labute approximate surface area is 84.1 Å². The van der Waals surface area contributed by atoms with Crippen molar-refractivity contribution in [3.63, 3.8) is 0 Å². The van der Waals surface area contributed by atoms with E-state index in [0.29, 0.717) is 0 Å². The molecule has 14 heavy (non-hydrogen) atoms. The summed E-state index contributed by atoms with van der Waals surface area (Å²) >= 11 is 0. The molecule has 0 aromatic heterocycles. The second-order valence-corrected chi connectivity index (χ2v) is 4.10. The predicted octanol–water partition coefficient (Wildman–Crippen LogP) is 1.86. The lowest BCUT2D eigenvalue weighted by Gasteiger charge is -2.30. The summed E-state index contributed by atoms with van der Waals surface area (Å²) in [6.45, 7) is 5.23. The van der Waals surface area contributed by atoms with Gasteiger partial charge in [-0.25, -0.2) is 0 Å². The Balaban J connectivity index is 2.69. The molecule has 3 nitrogen and oxygen atoms in total. The van der Waals surface area contributed by atoms with E-state index in [1.165, 1.54) is 6.92 Å². The molecule has 78 valence electrons. The molecule has 0 heterocycles. The molecule has 1 aliphatic rings. The minimum atomic E-state index is -0.509. The molecule has 3 heteroatoms. The lowest BCUT2D eigenvalue weighted by Crippen LogP contribution is -2.36. The molecule has 0 amide bonds. The quantitative estimate of drug-likeness (QED) is 0.633. The predicted molar refractivity (Wildman–Crippen MR) is 52.7 cm³/mol. The number of carbonyl (C=O) groups is 2. The Morgan fingerprint density at radius 2 is 2.29 bits per heavy atom. The number of carbonyl (C=O) groups excluding carboxylic acids is 2. The van der Waals surface area contributed by atoms with Crippen LogP contribution in [0.2, 0.25) is 0 Å². The van der Waals surface area contributed by atoms with Gasteiger partial charge in [-0.3, -0.25) is 9.59 Å². The van der Waals surface area contributed by atoms with Gasteiger partial charge in [0.2, 0.25) is 0 Å². The van der Waals surface area contributed by atoms with E-state index in [1.54, 1.807) is 0 Å². The van der Waals surface area contributed by atoms with Crippen molar-refractivity contribution in [2.24, 2.45) is 5.41 Å². The Bertz CT molecular complexity index is 291. The highest BCUT2D eigenvalue weighted by Gasteiger charge is 2.36. The van der Waals surface area contributed by atoms with Gasteiger partial charge in [0.1, 0.15) is 6.61 Å². The van der Waals surface area contributed by atoms with Crippen LogP contribution >= 0.6 is 0 Å². The van der Waals surface area contributed by atoms with Gasteiger partial charge < -0.3 is 4.74 Å². The molecule has 0 aromatic carbocycles. The molecular formula is C11H16O3. The SMILES string of the molecule is CC(=O)OCC1(C)CCC=C(C)C1=O. The van der Waals surface area contributed by atoms with E-state index in [9.17, 15) is 9.59 Å². The summed E-state index contributed by atoms with van der Waals surface area (Å²) in [5.74, 6) is -0.226. The first-order valence-electron chi connectivity index (χ1n) is 4.81. The zero-order chi connectivity index (χ0) is 10.8. The molecule has 0 aliphatic heterocycles. The molecule has 1 aliphatic carbocycles. The van der Waals surface area contributed by atoms with E-state index in [4.69, 9.17) is 4.74 Å². The van der Waals surface area contributed by atoms with Gasteiger partial charge in [-0.05, 0) is 32.3 Å². The number of allylic oxidation sites excluding steroid dienone is 2. The molecule has 0 saturated carbocycles. The highest BCUT2D eigenvalue weighted by atomic mass is 16.5. The van der Waals surface area contributed by atoms with Crippen LogP contribution in [0.1, 0.15) is 33.6 Å². The third-order valence-electron chi connectivity index (χ3n) is 2.65. The molecule has 1 unspecified atom stereocenters. The summed E-state index contributed by atoms with van der Waals surface area (Å²) in [4.78, 5) is 22.5. The fourth-order valence-corrected chi connectivity index (χ4v) is 1.69. The minimum Gasteiger partial charge on any atom is -0.465 e. The fourth-order valence-electron chi connectivity index (χ4n) is 1.69. The lowest BCUT2D eigenvalue weighted by molar-refractivity contribution is -0.147. The van der Waals surface area contributed by atoms with Gasteiger partial charge in [-0.2, -0.15) is 0 Å². The number of rotatable bonds is 2. The van der Waals surface area contributed by atoms with Gasteiger partial charge in [0.05, 0.1) is 5.41 Å². The van der Waals surface area contributed by atoms with Crippen molar-refractivity contribution >= 4 is 11.8 Å². The molecule has 0 N–H and O–H groups in total. The van der Waals surface area contributed by atoms with E-state index in [1.807, 2.05) is 19.9 Å². The van der Waals surface area contributed by atoms with Gasteiger partial charge in [-0.15, -0.1) is 0 Å². The summed E-state index contributed by atoms with van der Waals surface area (Å²) < 4.78 is 4.92. The monoisotopic (exact) mass is 196 g/mol. The summed E-state index contributed by atoms with van der Waals surface area (Å²) in [5.41, 5.74) is 0.274. The van der Waals surface area contributed by atoms with E-state index in [0.717, 1.165) is 18.4 Å². The van der Waals surface area contributed by atoms with E-state index in [2.05, 4.69) is 0 Å². The second-order valence-electron chi connectivity index (χ2n) is 4.10. The number of esters is 1. The van der Waals surface area contributed by atoms with Gasteiger partial charge >= 0.3 is 5.97 Å². The first kappa shape index (κ1) is 11.0. The van der Waals surface area contributed by atoms with Crippen LogP contribution in [0.3, 0.4) is 0 Å². The maximum atomic E-state index is 11.8. The molecule has 0 bridgehead atoms. The molecule has 1 atom stereocenters. The zero-order valence-corrected chi connectivity index (χ0v) is 8.92. The van der Waals surface area contributed by atoms with Crippen LogP contribution < -0.4 is 0 Å². The maximum absolute atomic E-state index is 11.8. The van der Waals surface area contributed by atoms with Crippen molar-refractivity contribution in [2.75, 3.05) is 6.61 Å². The molecule has 0 radical (unpaired) electrons. The normalized spacial score (nSPS) is 27.1. The second kappa shape index (κ2) is 3.95. The van der Waals surface area contributed by atoms with Crippen LogP contribution in [0.5, 0.6) is 0 Å². The lowest BCUT2D eigenvalue weighted by atomic mass is 9.75. The Kier molecular flexibility index (Phi) is 3.09. The largest absolute Gasteiger partial charge is 0.465 e. The smallest absolute Gasteiger partial charge is 0.302 e. The molecule has 0 aromatic rings. The Hall–Kier alpha value is -1.12. The number of ether oxygens (including phenoxy) is 1. The third kappa shape index (κ3) is 2.22. The summed E-state index contributed by atoms with van der Waals surface area (Å²) in [6.07, 6.45) is 3.59. The van der Waals surface area contributed by atoms with E-state index >= 15 is 0 Å². The average Bonchev–Trinajstić information content (AvgIpc) is 2.11. The Morgan fingerprint density at radius 1 is 1.64 bits per heavy atom. The van der Waals surface area contributed by atoms with Crippen LogP contribution in [0.25, 0.3) is 0 Å². The van der Waals surface area contributed by atoms with Crippen molar-refractivity contribution in [3.05, 3.63) is 11.6 Å². The topological polar surface area (TPSA) is 43.4 Å². The summed E-state index contributed by atoms with van der Waals surface area (Å²) in [7, 11) is 0. The number of hydrogen-bond donors (Lipinski definition) is 0. The molecule has 1 rings (SSSR count). The van der Waals surface area contributed by atoms with Crippen LogP contribution in [0, 0.1) is 5.41 Å². The maximum Gasteiger partial charge on any atom is 0.302 e.